The number of hydrogen-bond acceptors (Lipinski definition) is 7. The molecule has 1 aliphatic rings. The van der Waals surface area contributed by atoms with Crippen LogP contribution in [0.15, 0.2) is 36.1 Å². The molecule has 0 saturated heterocycles. The van der Waals surface area contributed by atoms with Gasteiger partial charge in [-0.1, -0.05) is 27.7 Å². The Labute approximate surface area is 230 Å². The third-order valence-electron chi connectivity index (χ3n) is 5.50. The van der Waals surface area contributed by atoms with Crippen LogP contribution >= 0.6 is 11.3 Å². The van der Waals surface area contributed by atoms with Gasteiger partial charge < -0.3 is 5.32 Å². The Morgan fingerprint density at radius 1 is 1.11 bits per heavy atom. The summed E-state index contributed by atoms with van der Waals surface area (Å²) < 4.78 is 14.6. The number of nitrogens with one attached hydrogen (secondary N) is 4. The first-order chi connectivity index (χ1) is 18.2. The second kappa shape index (κ2) is 12.5. The number of pyridine rings is 2. The second-order valence-electron chi connectivity index (χ2n) is 8.66. The molecule has 1 aliphatic carbocycles. The standard InChI is InChI=1S/C24H26FN7O3S.C2H6.4H2/c1-4-27-23(35)30-19-8-16(22-29-18(12-36-22)24(25)5-6-24)17(11-28-19)14-7-15(10-26-9-14)21(34)32-31-20(33)13(2)3;1-2;;;;/h7-13H,4-6H2,1-3H3,(H,31,33)(H,32,34)(H2,27,28,30,35);1-2H3;4*1H. The lowest BCUT2D eigenvalue weighted by atomic mass is 10.0. The summed E-state index contributed by atoms with van der Waals surface area (Å²) in [7, 11) is 0. The Bertz CT molecular complexity index is 1330. The van der Waals surface area contributed by atoms with E-state index >= 15 is 0 Å². The molecule has 0 aliphatic heterocycles. The van der Waals surface area contributed by atoms with Crippen molar-refractivity contribution in [1.29, 1.82) is 0 Å². The summed E-state index contributed by atoms with van der Waals surface area (Å²) in [5.41, 5.74) is 5.71. The molecule has 38 heavy (non-hydrogen) atoms. The molecule has 0 atom stereocenters. The van der Waals surface area contributed by atoms with Gasteiger partial charge in [0.25, 0.3) is 5.91 Å². The van der Waals surface area contributed by atoms with E-state index in [0.717, 1.165) is 0 Å². The minimum Gasteiger partial charge on any atom is -0.338 e. The molecule has 3 aromatic heterocycles. The Morgan fingerprint density at radius 2 is 1.84 bits per heavy atom. The Morgan fingerprint density at radius 3 is 2.50 bits per heavy atom. The zero-order valence-electron chi connectivity index (χ0n) is 22.0. The lowest BCUT2D eigenvalue weighted by Gasteiger charge is -2.12. The van der Waals surface area contributed by atoms with Gasteiger partial charge in [-0.3, -0.25) is 30.7 Å². The molecule has 4 amide bonds. The van der Waals surface area contributed by atoms with Crippen LogP contribution in [0.3, 0.4) is 0 Å². The van der Waals surface area contributed by atoms with E-state index in [1.54, 1.807) is 50.7 Å². The number of anilines is 1. The number of urea groups is 1. The fraction of sp³-hybridized carbons (Fsp3) is 0.385. The lowest BCUT2D eigenvalue weighted by molar-refractivity contribution is -0.124. The van der Waals surface area contributed by atoms with Gasteiger partial charge in [-0.05, 0) is 31.9 Å². The van der Waals surface area contributed by atoms with E-state index in [-0.39, 0.29) is 28.9 Å². The molecule has 4 N–H and O–H groups in total. The molecule has 3 heterocycles. The van der Waals surface area contributed by atoms with E-state index < -0.39 is 17.6 Å². The minimum absolute atomic E-state index is 0. The highest BCUT2D eigenvalue weighted by Gasteiger charge is 2.47. The van der Waals surface area contributed by atoms with Crippen molar-refractivity contribution in [2.45, 2.75) is 53.1 Å². The normalized spacial score (nSPS) is 13.1. The molecule has 3 aromatic rings. The zero-order valence-corrected chi connectivity index (χ0v) is 22.8. The number of aromatic nitrogens is 3. The highest BCUT2D eigenvalue weighted by Crippen LogP contribution is 2.50. The molecule has 10 nitrogen and oxygen atoms in total. The Kier molecular flexibility index (Phi) is 9.45. The number of hydrazine groups is 1. The van der Waals surface area contributed by atoms with Crippen LogP contribution in [-0.4, -0.2) is 39.3 Å². The number of halogens is 1. The molecule has 0 radical (unpaired) electrons. The average molecular weight is 550 g/mol. The van der Waals surface area contributed by atoms with Crippen LogP contribution in [0.1, 0.15) is 69.2 Å². The van der Waals surface area contributed by atoms with Crippen LogP contribution in [0.5, 0.6) is 0 Å². The Balaban J connectivity index is 0. The molecule has 0 aromatic carbocycles. The molecule has 0 bridgehead atoms. The SMILES string of the molecule is CC.CCNC(=O)Nc1cc(-c2nc(C3(F)CC3)cs2)c(-c2cncc(C(=O)NNC(=O)C(C)C)c2)cn1.[HH].[HH].[HH].[HH]. The lowest BCUT2D eigenvalue weighted by Crippen LogP contribution is -2.43. The fourth-order valence-electron chi connectivity index (χ4n) is 3.27. The van der Waals surface area contributed by atoms with Crippen molar-refractivity contribution in [3.8, 4) is 21.7 Å². The monoisotopic (exact) mass is 549 g/mol. The molecule has 4 rings (SSSR count). The molecular formula is C26H40FN7O3S. The van der Waals surface area contributed by atoms with Crippen LogP contribution in [0.4, 0.5) is 15.0 Å². The number of alkyl halides is 1. The van der Waals surface area contributed by atoms with Crippen LogP contribution in [0.2, 0.25) is 0 Å². The van der Waals surface area contributed by atoms with Crippen LogP contribution in [-0.2, 0) is 10.5 Å². The zero-order chi connectivity index (χ0) is 27.9. The van der Waals surface area contributed by atoms with Crippen molar-refractivity contribution < 1.29 is 24.5 Å². The van der Waals surface area contributed by atoms with Gasteiger partial charge >= 0.3 is 6.03 Å². The topological polar surface area (TPSA) is 138 Å². The van der Waals surface area contributed by atoms with E-state index in [2.05, 4.69) is 36.4 Å². The number of carbonyl (C=O) groups excluding carboxylic acids is 3. The van der Waals surface area contributed by atoms with Crippen molar-refractivity contribution in [3.63, 3.8) is 0 Å². The van der Waals surface area contributed by atoms with E-state index in [1.165, 1.54) is 17.5 Å². The van der Waals surface area contributed by atoms with Crippen LogP contribution < -0.4 is 21.5 Å². The highest BCUT2D eigenvalue weighted by atomic mass is 32.1. The quantitative estimate of drug-likeness (QED) is 0.275. The maximum atomic E-state index is 14.6. The van der Waals surface area contributed by atoms with Gasteiger partial charge in [0.2, 0.25) is 5.91 Å². The van der Waals surface area contributed by atoms with Crippen LogP contribution in [0, 0.1) is 5.92 Å². The van der Waals surface area contributed by atoms with Gasteiger partial charge in [0.1, 0.15) is 10.8 Å². The summed E-state index contributed by atoms with van der Waals surface area (Å²) in [6.45, 7) is 9.66. The number of thiazole rings is 1. The summed E-state index contributed by atoms with van der Waals surface area (Å²) >= 11 is 1.29. The third-order valence-corrected chi connectivity index (χ3v) is 6.38. The predicted octanol–water partition coefficient (Wildman–Crippen LogP) is 5.79. The predicted molar refractivity (Wildman–Crippen MR) is 154 cm³/mol. The number of nitrogens with zero attached hydrogens (tertiary/aromatic N) is 3. The highest BCUT2D eigenvalue weighted by molar-refractivity contribution is 7.13. The van der Waals surface area contributed by atoms with Gasteiger partial charge in [0.05, 0.1) is 11.3 Å². The minimum atomic E-state index is -1.38. The molecule has 12 heteroatoms. The number of amides is 4. The van der Waals surface area contributed by atoms with Crippen molar-refractivity contribution in [2.75, 3.05) is 11.9 Å². The van der Waals surface area contributed by atoms with Crippen molar-refractivity contribution >= 4 is 35.0 Å². The number of carbonyl (C=O) groups is 3. The van der Waals surface area contributed by atoms with E-state index in [1.807, 2.05) is 13.8 Å². The summed E-state index contributed by atoms with van der Waals surface area (Å²) in [6, 6.07) is 2.85. The van der Waals surface area contributed by atoms with Crippen molar-refractivity contribution in [1.82, 2.24) is 31.1 Å². The van der Waals surface area contributed by atoms with Gasteiger partial charge in [0, 0.05) is 58.8 Å². The molecule has 1 saturated carbocycles. The van der Waals surface area contributed by atoms with Gasteiger partial charge in [0.15, 0.2) is 5.67 Å². The molecular weight excluding hydrogens is 509 g/mol. The van der Waals surface area contributed by atoms with E-state index in [0.29, 0.717) is 46.8 Å². The first-order valence-corrected chi connectivity index (χ1v) is 13.3. The molecule has 0 unspecified atom stereocenters. The number of hydrogen-bond donors (Lipinski definition) is 4. The largest absolute Gasteiger partial charge is 0.338 e. The maximum Gasteiger partial charge on any atom is 0.320 e. The average Bonchev–Trinajstić information content (AvgIpc) is 3.46. The van der Waals surface area contributed by atoms with E-state index in [9.17, 15) is 18.8 Å². The molecule has 1 fully saturated rings. The third kappa shape index (κ3) is 6.88. The van der Waals surface area contributed by atoms with Gasteiger partial charge in [-0.15, -0.1) is 11.3 Å². The summed E-state index contributed by atoms with van der Waals surface area (Å²) in [6.07, 6.45) is 5.36. The first kappa shape index (κ1) is 28.6. The smallest absolute Gasteiger partial charge is 0.320 e. The van der Waals surface area contributed by atoms with Crippen molar-refractivity contribution in [2.24, 2.45) is 5.92 Å². The maximum absolute atomic E-state index is 14.6. The van der Waals surface area contributed by atoms with Crippen LogP contribution in [0.25, 0.3) is 21.7 Å². The number of rotatable bonds is 7. The fourth-order valence-corrected chi connectivity index (χ4v) is 4.20. The molecule has 210 valence electrons. The second-order valence-corrected chi connectivity index (χ2v) is 9.52. The summed E-state index contributed by atoms with van der Waals surface area (Å²) in [5.74, 6) is -0.865. The van der Waals surface area contributed by atoms with Gasteiger partial charge in [-0.25, -0.2) is 19.2 Å². The van der Waals surface area contributed by atoms with E-state index in [4.69, 9.17) is 0 Å². The van der Waals surface area contributed by atoms with Crippen molar-refractivity contribution in [3.05, 3.63) is 47.4 Å². The Hall–Kier alpha value is -3.93. The first-order valence-electron chi connectivity index (χ1n) is 12.5. The van der Waals surface area contributed by atoms with Gasteiger partial charge in [-0.2, -0.15) is 0 Å². The molecule has 0 spiro atoms. The summed E-state index contributed by atoms with van der Waals surface area (Å²) in [5, 5.41) is 7.55. The summed E-state index contributed by atoms with van der Waals surface area (Å²) in [4.78, 5) is 49.4.